The molecule has 1 aliphatic heterocycles. The van der Waals surface area contributed by atoms with Crippen LogP contribution in [0.15, 0.2) is 0 Å². The van der Waals surface area contributed by atoms with E-state index in [-0.39, 0.29) is 11.6 Å². The molecule has 15 heavy (non-hydrogen) atoms. The van der Waals surface area contributed by atoms with Gasteiger partial charge in [-0.2, -0.15) is 0 Å². The predicted molar refractivity (Wildman–Crippen MR) is 57.7 cm³/mol. The Kier molecular flexibility index (Phi) is 3.41. The van der Waals surface area contributed by atoms with E-state index in [0.717, 1.165) is 13.0 Å². The van der Waals surface area contributed by atoms with Crippen molar-refractivity contribution in [2.24, 2.45) is 0 Å². The van der Waals surface area contributed by atoms with Crippen LogP contribution in [0.5, 0.6) is 0 Å². The molecule has 1 heterocycles. The third kappa shape index (κ3) is 2.01. The normalized spacial score (nSPS) is 34.3. The van der Waals surface area contributed by atoms with Gasteiger partial charge in [0.05, 0.1) is 7.11 Å². The molecule has 2 unspecified atom stereocenters. The van der Waals surface area contributed by atoms with E-state index in [9.17, 15) is 4.79 Å². The van der Waals surface area contributed by atoms with Gasteiger partial charge in [-0.1, -0.05) is 6.92 Å². The van der Waals surface area contributed by atoms with Crippen molar-refractivity contribution in [3.63, 3.8) is 0 Å². The van der Waals surface area contributed by atoms with Crippen molar-refractivity contribution in [3.8, 4) is 0 Å². The highest BCUT2D eigenvalue weighted by Crippen LogP contribution is 2.53. The molecular weight excluding hydrogens is 194 g/mol. The van der Waals surface area contributed by atoms with Crippen LogP contribution in [0.2, 0.25) is 0 Å². The van der Waals surface area contributed by atoms with E-state index in [2.05, 4.69) is 4.90 Å². The lowest BCUT2D eigenvalue weighted by atomic mass is 9.89. The van der Waals surface area contributed by atoms with Gasteiger partial charge in [0.2, 0.25) is 0 Å². The van der Waals surface area contributed by atoms with E-state index in [0.29, 0.717) is 6.42 Å². The Morgan fingerprint density at radius 2 is 2.07 bits per heavy atom. The first-order valence-corrected chi connectivity index (χ1v) is 5.35. The Labute approximate surface area is 91.5 Å². The first-order chi connectivity index (χ1) is 6.92. The lowest BCUT2D eigenvalue weighted by Crippen LogP contribution is -2.35. The second kappa shape index (κ2) is 4.10. The van der Waals surface area contributed by atoms with Gasteiger partial charge < -0.3 is 14.4 Å². The SMILES string of the molecule is CCC1(C(=O)OC)OC1(C)CCN(C)C. The topological polar surface area (TPSA) is 42.1 Å². The maximum atomic E-state index is 11.6. The molecule has 4 nitrogen and oxygen atoms in total. The summed E-state index contributed by atoms with van der Waals surface area (Å²) >= 11 is 0. The van der Waals surface area contributed by atoms with Crippen molar-refractivity contribution in [2.75, 3.05) is 27.7 Å². The number of hydrogen-bond acceptors (Lipinski definition) is 4. The van der Waals surface area contributed by atoms with E-state index in [1.165, 1.54) is 7.11 Å². The number of carbonyl (C=O) groups is 1. The smallest absolute Gasteiger partial charge is 0.341 e. The molecule has 2 atom stereocenters. The number of rotatable bonds is 5. The third-order valence-electron chi connectivity index (χ3n) is 3.26. The summed E-state index contributed by atoms with van der Waals surface area (Å²) in [5, 5.41) is 0. The second-order valence-electron chi connectivity index (χ2n) is 4.56. The van der Waals surface area contributed by atoms with Gasteiger partial charge in [-0.25, -0.2) is 4.79 Å². The summed E-state index contributed by atoms with van der Waals surface area (Å²) in [6.45, 7) is 4.85. The van der Waals surface area contributed by atoms with Gasteiger partial charge in [0.25, 0.3) is 0 Å². The molecule has 1 aliphatic rings. The van der Waals surface area contributed by atoms with Gasteiger partial charge in [0, 0.05) is 6.54 Å². The number of carbonyl (C=O) groups excluding carboxylic acids is 1. The zero-order valence-electron chi connectivity index (χ0n) is 10.3. The average molecular weight is 215 g/mol. The molecule has 0 aliphatic carbocycles. The van der Waals surface area contributed by atoms with Crippen molar-refractivity contribution in [1.29, 1.82) is 0 Å². The number of esters is 1. The number of epoxide rings is 1. The Bertz CT molecular complexity index is 254. The van der Waals surface area contributed by atoms with Crippen LogP contribution in [0, 0.1) is 0 Å². The first-order valence-electron chi connectivity index (χ1n) is 5.35. The highest BCUT2D eigenvalue weighted by molar-refractivity contribution is 5.84. The van der Waals surface area contributed by atoms with E-state index >= 15 is 0 Å². The Balaban J connectivity index is 2.62. The summed E-state index contributed by atoms with van der Waals surface area (Å²) < 4.78 is 10.4. The number of nitrogens with zero attached hydrogens (tertiary/aromatic N) is 1. The van der Waals surface area contributed by atoms with E-state index in [1.807, 2.05) is 27.9 Å². The van der Waals surface area contributed by atoms with Crippen molar-refractivity contribution in [1.82, 2.24) is 4.90 Å². The molecule has 0 aromatic carbocycles. The molecule has 0 aromatic rings. The van der Waals surface area contributed by atoms with Crippen LogP contribution in [0.4, 0.5) is 0 Å². The maximum absolute atomic E-state index is 11.6. The average Bonchev–Trinajstić information content (AvgIpc) is 2.82. The molecule has 88 valence electrons. The molecule has 0 bridgehead atoms. The molecule has 0 radical (unpaired) electrons. The van der Waals surface area contributed by atoms with Crippen LogP contribution in [0.1, 0.15) is 26.7 Å². The second-order valence-corrected chi connectivity index (χ2v) is 4.56. The standard InChI is InChI=1S/C11H21NO3/c1-6-11(9(13)14-5)10(2,15-11)7-8-12(3)4/h6-8H2,1-5H3. The van der Waals surface area contributed by atoms with Crippen LogP contribution in [-0.4, -0.2) is 49.8 Å². The Morgan fingerprint density at radius 3 is 2.47 bits per heavy atom. The maximum Gasteiger partial charge on any atom is 0.341 e. The number of ether oxygens (including phenoxy) is 2. The lowest BCUT2D eigenvalue weighted by Gasteiger charge is -2.15. The van der Waals surface area contributed by atoms with E-state index in [4.69, 9.17) is 9.47 Å². The zero-order valence-corrected chi connectivity index (χ0v) is 10.3. The van der Waals surface area contributed by atoms with Crippen molar-refractivity contribution in [3.05, 3.63) is 0 Å². The molecule has 0 N–H and O–H groups in total. The largest absolute Gasteiger partial charge is 0.467 e. The summed E-state index contributed by atoms with van der Waals surface area (Å²) in [7, 11) is 5.43. The minimum atomic E-state index is -0.697. The summed E-state index contributed by atoms with van der Waals surface area (Å²) in [6.07, 6.45) is 1.52. The van der Waals surface area contributed by atoms with Gasteiger partial charge in [-0.3, -0.25) is 0 Å². The molecule has 4 heteroatoms. The van der Waals surface area contributed by atoms with Crippen molar-refractivity contribution >= 4 is 5.97 Å². The first kappa shape index (κ1) is 12.5. The minimum Gasteiger partial charge on any atom is -0.467 e. The molecule has 1 saturated heterocycles. The van der Waals surface area contributed by atoms with Crippen molar-refractivity contribution in [2.45, 2.75) is 37.9 Å². The highest BCUT2D eigenvalue weighted by Gasteiger charge is 2.71. The Hall–Kier alpha value is -0.610. The van der Waals surface area contributed by atoms with Crippen molar-refractivity contribution < 1.29 is 14.3 Å². The summed E-state index contributed by atoms with van der Waals surface area (Å²) in [5.74, 6) is -0.244. The fourth-order valence-electron chi connectivity index (χ4n) is 2.06. The monoisotopic (exact) mass is 215 g/mol. The third-order valence-corrected chi connectivity index (χ3v) is 3.26. The van der Waals surface area contributed by atoms with Gasteiger partial charge in [0.15, 0.2) is 5.60 Å². The number of hydrogen-bond donors (Lipinski definition) is 0. The molecule has 0 spiro atoms. The molecular formula is C11H21NO3. The molecule has 0 saturated carbocycles. The van der Waals surface area contributed by atoms with Gasteiger partial charge >= 0.3 is 5.97 Å². The van der Waals surface area contributed by atoms with Gasteiger partial charge in [-0.15, -0.1) is 0 Å². The summed E-state index contributed by atoms with van der Waals surface area (Å²) in [4.78, 5) is 13.7. The van der Waals surface area contributed by atoms with Gasteiger partial charge in [0.1, 0.15) is 5.60 Å². The molecule has 1 fully saturated rings. The zero-order chi connectivity index (χ0) is 11.7. The minimum absolute atomic E-state index is 0.244. The quantitative estimate of drug-likeness (QED) is 0.508. The van der Waals surface area contributed by atoms with E-state index < -0.39 is 5.60 Å². The summed E-state index contributed by atoms with van der Waals surface area (Å²) in [5.41, 5.74) is -1.04. The molecule has 1 rings (SSSR count). The molecule has 0 amide bonds. The van der Waals surface area contributed by atoms with Crippen LogP contribution < -0.4 is 0 Å². The van der Waals surface area contributed by atoms with Crippen LogP contribution in [0.3, 0.4) is 0 Å². The summed E-state index contributed by atoms with van der Waals surface area (Å²) in [6, 6.07) is 0. The van der Waals surface area contributed by atoms with Gasteiger partial charge in [-0.05, 0) is 33.9 Å². The van der Waals surface area contributed by atoms with E-state index in [1.54, 1.807) is 0 Å². The van der Waals surface area contributed by atoms with Crippen LogP contribution in [-0.2, 0) is 14.3 Å². The highest BCUT2D eigenvalue weighted by atomic mass is 16.7. The lowest BCUT2D eigenvalue weighted by molar-refractivity contribution is -0.147. The van der Waals surface area contributed by atoms with Crippen LogP contribution in [0.25, 0.3) is 0 Å². The molecule has 0 aromatic heterocycles. The predicted octanol–water partition coefficient (Wildman–Crippen LogP) is 1.05. The Morgan fingerprint density at radius 1 is 1.47 bits per heavy atom. The fraction of sp³-hybridized carbons (Fsp3) is 0.909. The number of methoxy groups -OCH3 is 1. The fourth-order valence-corrected chi connectivity index (χ4v) is 2.06. The van der Waals surface area contributed by atoms with Crippen LogP contribution >= 0.6 is 0 Å².